The summed E-state index contributed by atoms with van der Waals surface area (Å²) in [5, 5.41) is 2.83. The number of benzene rings is 1. The predicted octanol–water partition coefficient (Wildman–Crippen LogP) is 3.95. The Morgan fingerprint density at radius 3 is 2.50 bits per heavy atom. The molecule has 4 nitrogen and oxygen atoms in total. The van der Waals surface area contributed by atoms with Gasteiger partial charge < -0.3 is 5.32 Å². The average molecular weight is 354 g/mol. The summed E-state index contributed by atoms with van der Waals surface area (Å²) in [5.74, 6) is -0.388. The molecule has 1 N–H and O–H groups in total. The summed E-state index contributed by atoms with van der Waals surface area (Å²) in [6.45, 7) is 1.49. The molecule has 0 aliphatic carbocycles. The summed E-state index contributed by atoms with van der Waals surface area (Å²) in [5.41, 5.74) is 1.44. The monoisotopic (exact) mass is 352 g/mol. The smallest absolute Gasteiger partial charge is 0.258 e. The molecule has 0 spiro atoms. The van der Waals surface area contributed by atoms with Gasteiger partial charge in [-0.1, -0.05) is 11.6 Å². The summed E-state index contributed by atoms with van der Waals surface area (Å²) < 4.78 is 0.666. The summed E-state index contributed by atoms with van der Waals surface area (Å²) in [6.07, 6.45) is 1.51. The van der Waals surface area contributed by atoms with E-state index in [1.54, 1.807) is 30.3 Å². The normalized spacial score (nSPS) is 10.2. The SMILES string of the molecule is CC(=O)c1ccc(NC(=O)c2cc(Br)cnc2Cl)cc1. The fourth-order valence-corrected chi connectivity index (χ4v) is 2.09. The Balaban J connectivity index is 2.19. The highest BCUT2D eigenvalue weighted by Crippen LogP contribution is 2.19. The molecule has 1 heterocycles. The molecule has 0 unspecified atom stereocenters. The first kappa shape index (κ1) is 14.7. The number of hydrogen-bond acceptors (Lipinski definition) is 3. The van der Waals surface area contributed by atoms with Crippen LogP contribution in [0.4, 0.5) is 5.69 Å². The third kappa shape index (κ3) is 3.43. The fourth-order valence-electron chi connectivity index (χ4n) is 1.57. The molecule has 2 aromatic rings. The molecular formula is C14H10BrClN2O2. The molecule has 0 aliphatic rings. The molecule has 0 fully saturated rings. The Labute approximate surface area is 129 Å². The number of pyridine rings is 1. The molecule has 6 heteroatoms. The zero-order chi connectivity index (χ0) is 14.7. The number of anilines is 1. The van der Waals surface area contributed by atoms with Crippen LogP contribution in [0.5, 0.6) is 0 Å². The van der Waals surface area contributed by atoms with Crippen LogP contribution in [0, 0.1) is 0 Å². The first-order valence-corrected chi connectivity index (χ1v) is 6.88. The van der Waals surface area contributed by atoms with Gasteiger partial charge in [0.25, 0.3) is 5.91 Å². The second-order valence-electron chi connectivity index (χ2n) is 4.08. The van der Waals surface area contributed by atoms with Crippen LogP contribution in [-0.4, -0.2) is 16.7 Å². The number of ketones is 1. The highest BCUT2D eigenvalue weighted by Gasteiger charge is 2.12. The Hall–Kier alpha value is -1.72. The van der Waals surface area contributed by atoms with Crippen LogP contribution in [0.25, 0.3) is 0 Å². The third-order valence-electron chi connectivity index (χ3n) is 2.60. The van der Waals surface area contributed by atoms with Gasteiger partial charge in [0, 0.05) is 21.9 Å². The first-order chi connectivity index (χ1) is 9.47. The molecule has 1 amide bonds. The largest absolute Gasteiger partial charge is 0.322 e. The van der Waals surface area contributed by atoms with Gasteiger partial charge in [-0.05, 0) is 53.2 Å². The lowest BCUT2D eigenvalue weighted by atomic mass is 10.1. The van der Waals surface area contributed by atoms with E-state index < -0.39 is 0 Å². The molecule has 2 rings (SSSR count). The van der Waals surface area contributed by atoms with E-state index >= 15 is 0 Å². The first-order valence-electron chi connectivity index (χ1n) is 5.71. The highest BCUT2D eigenvalue weighted by atomic mass is 79.9. The van der Waals surface area contributed by atoms with Crippen LogP contribution >= 0.6 is 27.5 Å². The maximum Gasteiger partial charge on any atom is 0.258 e. The molecule has 20 heavy (non-hydrogen) atoms. The topological polar surface area (TPSA) is 59.1 Å². The van der Waals surface area contributed by atoms with Crippen molar-refractivity contribution < 1.29 is 9.59 Å². The van der Waals surface area contributed by atoms with E-state index in [1.165, 1.54) is 13.1 Å². The summed E-state index contributed by atoms with van der Waals surface area (Å²) in [4.78, 5) is 27.1. The maximum absolute atomic E-state index is 12.1. The molecule has 0 radical (unpaired) electrons. The number of amides is 1. The van der Waals surface area contributed by atoms with Gasteiger partial charge >= 0.3 is 0 Å². The number of hydrogen-bond donors (Lipinski definition) is 1. The highest BCUT2D eigenvalue weighted by molar-refractivity contribution is 9.10. The van der Waals surface area contributed by atoms with Gasteiger partial charge in [-0.2, -0.15) is 0 Å². The van der Waals surface area contributed by atoms with Crippen molar-refractivity contribution in [3.05, 3.63) is 57.3 Å². The van der Waals surface area contributed by atoms with Crippen molar-refractivity contribution in [1.82, 2.24) is 4.98 Å². The van der Waals surface area contributed by atoms with Crippen molar-refractivity contribution in [1.29, 1.82) is 0 Å². The maximum atomic E-state index is 12.1. The molecule has 1 aromatic carbocycles. The van der Waals surface area contributed by atoms with Gasteiger partial charge in [0.15, 0.2) is 5.78 Å². The third-order valence-corrected chi connectivity index (χ3v) is 3.33. The minimum atomic E-state index is -0.362. The van der Waals surface area contributed by atoms with Crippen LogP contribution in [-0.2, 0) is 0 Å². The van der Waals surface area contributed by atoms with Crippen LogP contribution in [0.1, 0.15) is 27.6 Å². The van der Waals surface area contributed by atoms with Crippen LogP contribution in [0.3, 0.4) is 0 Å². The molecular weight excluding hydrogens is 344 g/mol. The lowest BCUT2D eigenvalue weighted by Crippen LogP contribution is -2.13. The zero-order valence-electron chi connectivity index (χ0n) is 10.5. The number of nitrogens with one attached hydrogen (secondary N) is 1. The van der Waals surface area contributed by atoms with Gasteiger partial charge in [-0.3, -0.25) is 9.59 Å². The lowest BCUT2D eigenvalue weighted by molar-refractivity contribution is 0.101. The zero-order valence-corrected chi connectivity index (χ0v) is 12.8. The molecule has 0 aliphatic heterocycles. The number of rotatable bonds is 3. The molecule has 1 aromatic heterocycles. The molecule has 0 atom stereocenters. The van der Waals surface area contributed by atoms with Crippen LogP contribution < -0.4 is 5.32 Å². The average Bonchev–Trinajstić information content (AvgIpc) is 2.42. The van der Waals surface area contributed by atoms with E-state index in [4.69, 9.17) is 11.6 Å². The van der Waals surface area contributed by atoms with E-state index in [0.717, 1.165) is 0 Å². The number of nitrogens with zero attached hydrogens (tertiary/aromatic N) is 1. The number of carbonyl (C=O) groups is 2. The summed E-state index contributed by atoms with van der Waals surface area (Å²) in [7, 11) is 0. The Bertz CT molecular complexity index is 671. The van der Waals surface area contributed by atoms with E-state index in [-0.39, 0.29) is 22.4 Å². The van der Waals surface area contributed by atoms with E-state index in [2.05, 4.69) is 26.2 Å². The Morgan fingerprint density at radius 1 is 1.25 bits per heavy atom. The number of halogens is 2. The number of aromatic nitrogens is 1. The standard InChI is InChI=1S/C14H10BrClN2O2/c1-8(19)9-2-4-11(5-3-9)18-14(20)12-6-10(15)7-17-13(12)16/h2-7H,1H3,(H,18,20). The van der Waals surface area contributed by atoms with Crippen LogP contribution in [0.15, 0.2) is 41.0 Å². The quantitative estimate of drug-likeness (QED) is 0.671. The van der Waals surface area contributed by atoms with E-state index in [0.29, 0.717) is 15.7 Å². The van der Waals surface area contributed by atoms with E-state index in [1.807, 2.05) is 0 Å². The van der Waals surface area contributed by atoms with Gasteiger partial charge in [0.2, 0.25) is 0 Å². The predicted molar refractivity (Wildman–Crippen MR) is 81.3 cm³/mol. The van der Waals surface area contributed by atoms with Crippen molar-refractivity contribution >= 4 is 44.9 Å². The van der Waals surface area contributed by atoms with Gasteiger partial charge in [-0.15, -0.1) is 0 Å². The van der Waals surface area contributed by atoms with Gasteiger partial charge in [0.05, 0.1) is 5.56 Å². The minimum Gasteiger partial charge on any atom is -0.322 e. The van der Waals surface area contributed by atoms with Crippen LogP contribution in [0.2, 0.25) is 5.15 Å². The van der Waals surface area contributed by atoms with Gasteiger partial charge in [0.1, 0.15) is 5.15 Å². The number of Topliss-reactive ketones (excluding diaryl/α,β-unsaturated/α-hetero) is 1. The summed E-state index contributed by atoms with van der Waals surface area (Å²) in [6, 6.07) is 8.22. The van der Waals surface area contributed by atoms with Crippen molar-refractivity contribution in [3.8, 4) is 0 Å². The van der Waals surface area contributed by atoms with Crippen molar-refractivity contribution in [2.45, 2.75) is 6.92 Å². The van der Waals surface area contributed by atoms with Gasteiger partial charge in [-0.25, -0.2) is 4.98 Å². The van der Waals surface area contributed by atoms with Crippen molar-refractivity contribution in [3.63, 3.8) is 0 Å². The van der Waals surface area contributed by atoms with E-state index in [9.17, 15) is 9.59 Å². The Kier molecular flexibility index (Phi) is 4.52. The summed E-state index contributed by atoms with van der Waals surface area (Å²) >= 11 is 9.12. The minimum absolute atomic E-state index is 0.0258. The van der Waals surface area contributed by atoms with Crippen molar-refractivity contribution in [2.75, 3.05) is 5.32 Å². The molecule has 0 bridgehead atoms. The molecule has 0 saturated carbocycles. The fraction of sp³-hybridized carbons (Fsp3) is 0.0714. The Morgan fingerprint density at radius 2 is 1.90 bits per heavy atom. The lowest BCUT2D eigenvalue weighted by Gasteiger charge is -2.07. The second kappa shape index (κ2) is 6.15. The molecule has 0 saturated heterocycles. The number of carbonyl (C=O) groups excluding carboxylic acids is 2. The second-order valence-corrected chi connectivity index (χ2v) is 5.35. The van der Waals surface area contributed by atoms with Crippen molar-refractivity contribution in [2.24, 2.45) is 0 Å². The molecule has 102 valence electrons.